The van der Waals surface area contributed by atoms with Gasteiger partial charge in [0.25, 0.3) is 0 Å². The Morgan fingerprint density at radius 3 is 2.64 bits per heavy atom. The van der Waals surface area contributed by atoms with Gasteiger partial charge < -0.3 is 19.7 Å². The Bertz CT molecular complexity index is 483. The molecule has 6 heteroatoms. The molecule has 1 aromatic rings. The zero-order valence-electron chi connectivity index (χ0n) is 14.7. The van der Waals surface area contributed by atoms with Gasteiger partial charge >= 0.3 is 0 Å². The van der Waals surface area contributed by atoms with Gasteiger partial charge in [0, 0.05) is 52.2 Å². The van der Waals surface area contributed by atoms with Gasteiger partial charge in [-0.15, -0.1) is 0 Å². The van der Waals surface area contributed by atoms with E-state index < -0.39 is 0 Å². The van der Waals surface area contributed by atoms with Crippen LogP contribution in [0.25, 0.3) is 0 Å². The summed E-state index contributed by atoms with van der Waals surface area (Å²) in [6.07, 6.45) is 3.08. The number of hydrogen-bond acceptors (Lipinski definition) is 2. The minimum Gasteiger partial charge on any atom is -0.355 e. The molecule has 126 valence electrons. The summed E-state index contributed by atoms with van der Waals surface area (Å²) in [4.78, 5) is 8.82. The number of rotatable bonds is 7. The van der Waals surface area contributed by atoms with E-state index in [0.717, 1.165) is 36.3 Å². The summed E-state index contributed by atoms with van der Waals surface area (Å²) in [5.41, 5.74) is 1.16. The van der Waals surface area contributed by atoms with Gasteiger partial charge in [0.2, 0.25) is 0 Å². The Morgan fingerprint density at radius 1 is 1.45 bits per heavy atom. The van der Waals surface area contributed by atoms with Crippen LogP contribution in [-0.4, -0.2) is 60.6 Å². The molecule has 0 saturated heterocycles. The number of aromatic nitrogens is 1. The van der Waals surface area contributed by atoms with Crippen LogP contribution in [0.3, 0.4) is 0 Å². The number of nitrogens with zero attached hydrogens (tertiary/aromatic N) is 4. The van der Waals surface area contributed by atoms with Gasteiger partial charge in [-0.3, -0.25) is 4.99 Å². The van der Waals surface area contributed by atoms with Crippen LogP contribution in [0.15, 0.2) is 17.3 Å². The average molecular weight is 328 g/mol. The van der Waals surface area contributed by atoms with Crippen LogP contribution >= 0.6 is 11.6 Å². The molecule has 0 saturated carbocycles. The van der Waals surface area contributed by atoms with Crippen molar-refractivity contribution >= 4 is 17.6 Å². The highest BCUT2D eigenvalue weighted by Gasteiger charge is 2.11. The summed E-state index contributed by atoms with van der Waals surface area (Å²) in [6.45, 7) is 7.11. The third-order valence-electron chi connectivity index (χ3n) is 4.14. The van der Waals surface area contributed by atoms with E-state index in [2.05, 4.69) is 41.0 Å². The molecule has 0 bridgehead atoms. The lowest BCUT2D eigenvalue weighted by Gasteiger charge is -2.26. The minimum atomic E-state index is 0.604. The maximum Gasteiger partial charge on any atom is 0.193 e. The van der Waals surface area contributed by atoms with Crippen LogP contribution in [0.2, 0.25) is 5.02 Å². The average Bonchev–Trinajstić information content (AvgIpc) is 2.80. The fraction of sp³-hybridized carbons (Fsp3) is 0.688. The van der Waals surface area contributed by atoms with Crippen LogP contribution in [0.5, 0.6) is 0 Å². The van der Waals surface area contributed by atoms with E-state index in [1.54, 1.807) is 0 Å². The van der Waals surface area contributed by atoms with E-state index in [1.165, 1.54) is 6.42 Å². The highest BCUT2D eigenvalue weighted by molar-refractivity contribution is 6.30. The first-order chi connectivity index (χ1) is 10.4. The van der Waals surface area contributed by atoms with Crippen molar-refractivity contribution in [2.45, 2.75) is 32.9 Å². The number of aliphatic imine (C=N–C) groups is 1. The second kappa shape index (κ2) is 9.06. The second-order valence-corrected chi connectivity index (χ2v) is 6.26. The van der Waals surface area contributed by atoms with Crippen molar-refractivity contribution in [1.82, 2.24) is 19.7 Å². The lowest BCUT2D eigenvalue weighted by molar-refractivity contribution is 0.255. The van der Waals surface area contributed by atoms with Gasteiger partial charge in [0.05, 0.1) is 11.6 Å². The Morgan fingerprint density at radius 2 is 2.14 bits per heavy atom. The van der Waals surface area contributed by atoms with Crippen LogP contribution < -0.4 is 5.32 Å². The summed E-state index contributed by atoms with van der Waals surface area (Å²) >= 11 is 6.03. The number of likely N-dealkylation sites (N-methyl/N-ethyl adjacent to an activating group) is 1. The second-order valence-electron chi connectivity index (χ2n) is 5.83. The van der Waals surface area contributed by atoms with Gasteiger partial charge in [-0.25, -0.2) is 0 Å². The summed E-state index contributed by atoms with van der Waals surface area (Å²) < 4.78 is 2.04. The molecular weight excluding hydrogens is 298 g/mol. The molecule has 5 nitrogen and oxygen atoms in total. The molecule has 0 spiro atoms. The fourth-order valence-electron chi connectivity index (χ4n) is 2.30. The van der Waals surface area contributed by atoms with Crippen LogP contribution in [0.4, 0.5) is 0 Å². The van der Waals surface area contributed by atoms with Crippen molar-refractivity contribution in [2.75, 3.05) is 34.2 Å². The third kappa shape index (κ3) is 5.54. The SMILES string of the molecule is CCC(C)N(C)CCNC(=NC)N(C)Cc1cc(Cl)cn1C. The van der Waals surface area contributed by atoms with E-state index >= 15 is 0 Å². The molecule has 0 aliphatic rings. The molecule has 1 atom stereocenters. The first-order valence-electron chi connectivity index (χ1n) is 7.81. The molecule has 0 fully saturated rings. The first kappa shape index (κ1) is 18.8. The van der Waals surface area contributed by atoms with E-state index in [0.29, 0.717) is 6.04 Å². The predicted octanol–water partition coefficient (Wildman–Crippen LogP) is 2.42. The lowest BCUT2D eigenvalue weighted by Crippen LogP contribution is -2.43. The third-order valence-corrected chi connectivity index (χ3v) is 4.34. The molecular formula is C16H30ClN5. The van der Waals surface area contributed by atoms with E-state index in [-0.39, 0.29) is 0 Å². The Hall–Kier alpha value is -1.20. The van der Waals surface area contributed by atoms with Gasteiger partial charge in [-0.1, -0.05) is 18.5 Å². The molecule has 1 aromatic heterocycles. The van der Waals surface area contributed by atoms with Crippen LogP contribution in [0, 0.1) is 0 Å². The van der Waals surface area contributed by atoms with Crippen molar-refractivity contribution in [3.8, 4) is 0 Å². The molecule has 1 heterocycles. The number of nitrogens with one attached hydrogen (secondary N) is 1. The smallest absolute Gasteiger partial charge is 0.193 e. The maximum atomic E-state index is 6.03. The summed E-state index contributed by atoms with van der Waals surface area (Å²) in [6, 6.07) is 2.59. The molecule has 0 radical (unpaired) electrons. The summed E-state index contributed by atoms with van der Waals surface area (Å²) in [5.74, 6) is 0.898. The molecule has 0 aromatic carbocycles. The zero-order chi connectivity index (χ0) is 16.7. The number of halogens is 1. The van der Waals surface area contributed by atoms with Crippen molar-refractivity contribution < 1.29 is 0 Å². The van der Waals surface area contributed by atoms with Crippen molar-refractivity contribution in [3.05, 3.63) is 23.0 Å². The number of aryl methyl sites for hydroxylation is 1. The molecule has 0 aliphatic carbocycles. The van der Waals surface area contributed by atoms with Crippen molar-refractivity contribution in [3.63, 3.8) is 0 Å². The highest BCUT2D eigenvalue weighted by atomic mass is 35.5. The standard InChI is InChI=1S/C16H30ClN5/c1-7-13(2)20(4)9-8-19-16(18-3)22(6)12-15-10-14(17)11-21(15)5/h10-11,13H,7-9,12H2,1-6H3,(H,18,19). The summed E-state index contributed by atoms with van der Waals surface area (Å²) in [5, 5.41) is 4.19. The summed E-state index contributed by atoms with van der Waals surface area (Å²) in [7, 11) is 8.02. The lowest BCUT2D eigenvalue weighted by atomic mass is 10.2. The topological polar surface area (TPSA) is 35.8 Å². The number of guanidine groups is 1. The molecule has 1 rings (SSSR count). The van der Waals surface area contributed by atoms with Gasteiger partial charge in [-0.2, -0.15) is 0 Å². The quantitative estimate of drug-likeness (QED) is 0.617. The molecule has 0 amide bonds. The van der Waals surface area contributed by atoms with E-state index in [4.69, 9.17) is 11.6 Å². The fourth-order valence-corrected chi connectivity index (χ4v) is 2.57. The Kier molecular flexibility index (Phi) is 7.76. The maximum absolute atomic E-state index is 6.03. The predicted molar refractivity (Wildman–Crippen MR) is 95.6 cm³/mol. The van der Waals surface area contributed by atoms with Crippen molar-refractivity contribution in [2.24, 2.45) is 12.0 Å². The molecule has 1 unspecified atom stereocenters. The van der Waals surface area contributed by atoms with Crippen molar-refractivity contribution in [1.29, 1.82) is 0 Å². The Labute approximate surface area is 139 Å². The van der Waals surface area contributed by atoms with Crippen LogP contribution in [0.1, 0.15) is 26.0 Å². The van der Waals surface area contributed by atoms with Gasteiger partial charge in [-0.05, 0) is 26.5 Å². The molecule has 22 heavy (non-hydrogen) atoms. The van der Waals surface area contributed by atoms with E-state index in [9.17, 15) is 0 Å². The van der Waals surface area contributed by atoms with Crippen LogP contribution in [-0.2, 0) is 13.6 Å². The minimum absolute atomic E-state index is 0.604. The monoisotopic (exact) mass is 327 g/mol. The normalized spacial score (nSPS) is 13.5. The van der Waals surface area contributed by atoms with Gasteiger partial charge in [0.15, 0.2) is 5.96 Å². The first-order valence-corrected chi connectivity index (χ1v) is 8.19. The molecule has 0 aliphatic heterocycles. The highest BCUT2D eigenvalue weighted by Crippen LogP contribution is 2.14. The van der Waals surface area contributed by atoms with Gasteiger partial charge in [0.1, 0.15) is 0 Å². The zero-order valence-corrected chi connectivity index (χ0v) is 15.5. The number of hydrogen-bond donors (Lipinski definition) is 1. The Balaban J connectivity index is 2.48. The largest absolute Gasteiger partial charge is 0.355 e. The molecule has 1 N–H and O–H groups in total. The van der Waals surface area contributed by atoms with E-state index in [1.807, 2.05) is 38.0 Å².